The van der Waals surface area contributed by atoms with Crippen molar-refractivity contribution in [2.45, 2.75) is 27.4 Å². The van der Waals surface area contributed by atoms with Gasteiger partial charge in [-0.1, -0.05) is 35.9 Å². The fraction of sp³-hybridized carbons (Fsp3) is 0.190. The number of carbonyl (C=O) groups excluding carboxylic acids is 1. The van der Waals surface area contributed by atoms with Crippen molar-refractivity contribution in [3.8, 4) is 5.75 Å². The molecule has 0 saturated heterocycles. The van der Waals surface area contributed by atoms with Crippen LogP contribution < -0.4 is 10.1 Å². The van der Waals surface area contributed by atoms with Crippen molar-refractivity contribution in [2.75, 3.05) is 5.32 Å². The Morgan fingerprint density at radius 2 is 1.77 bits per heavy atom. The Labute approximate surface area is 157 Å². The quantitative estimate of drug-likeness (QED) is 0.628. The van der Waals surface area contributed by atoms with Gasteiger partial charge < -0.3 is 14.5 Å². The molecule has 0 saturated carbocycles. The molecule has 0 aliphatic heterocycles. The fourth-order valence-corrected chi connectivity index (χ4v) is 2.83. The van der Waals surface area contributed by atoms with E-state index in [4.69, 9.17) is 20.8 Å². The van der Waals surface area contributed by atoms with Crippen LogP contribution in [0.25, 0.3) is 0 Å². The second-order valence-electron chi connectivity index (χ2n) is 6.19. The molecule has 0 spiro atoms. The number of benzene rings is 2. The van der Waals surface area contributed by atoms with Crippen molar-refractivity contribution < 1.29 is 13.9 Å². The summed E-state index contributed by atoms with van der Waals surface area (Å²) < 4.78 is 11.5. The van der Waals surface area contributed by atoms with E-state index in [9.17, 15) is 4.79 Å². The van der Waals surface area contributed by atoms with Gasteiger partial charge in [-0.05, 0) is 61.7 Å². The highest BCUT2D eigenvalue weighted by Crippen LogP contribution is 2.24. The maximum absolute atomic E-state index is 12.4. The van der Waals surface area contributed by atoms with Crippen LogP contribution in [-0.2, 0) is 6.61 Å². The Morgan fingerprint density at radius 3 is 2.50 bits per heavy atom. The van der Waals surface area contributed by atoms with E-state index < -0.39 is 0 Å². The van der Waals surface area contributed by atoms with Crippen molar-refractivity contribution in [2.24, 2.45) is 0 Å². The number of para-hydroxylation sites is 1. The average molecular weight is 370 g/mol. The molecule has 4 nitrogen and oxygen atoms in total. The third kappa shape index (κ3) is 4.09. The number of halogens is 1. The minimum absolute atomic E-state index is 0.226. The highest BCUT2D eigenvalue weighted by Gasteiger charge is 2.14. The molecule has 3 aromatic rings. The van der Waals surface area contributed by atoms with E-state index in [1.807, 2.05) is 45.0 Å². The lowest BCUT2D eigenvalue weighted by Gasteiger charge is -2.10. The Morgan fingerprint density at radius 1 is 1.04 bits per heavy atom. The van der Waals surface area contributed by atoms with Gasteiger partial charge in [-0.15, -0.1) is 0 Å². The Hall–Kier alpha value is -2.72. The molecule has 1 heterocycles. The molecule has 0 unspecified atom stereocenters. The van der Waals surface area contributed by atoms with Crippen molar-refractivity contribution in [1.82, 2.24) is 0 Å². The zero-order chi connectivity index (χ0) is 18.7. The maximum atomic E-state index is 12.4. The SMILES string of the molecule is Cc1ccc(Cl)cc1NC(=O)c1ccc(COc2c(C)cccc2C)o1. The molecular weight excluding hydrogens is 350 g/mol. The van der Waals surface area contributed by atoms with Crippen LogP contribution in [0.4, 0.5) is 5.69 Å². The number of hydrogen-bond acceptors (Lipinski definition) is 3. The number of aryl methyl sites for hydroxylation is 3. The Kier molecular flexibility index (Phi) is 5.33. The van der Waals surface area contributed by atoms with Crippen LogP contribution in [0.1, 0.15) is 33.0 Å². The summed E-state index contributed by atoms with van der Waals surface area (Å²) in [7, 11) is 0. The lowest BCUT2D eigenvalue weighted by atomic mass is 10.1. The van der Waals surface area contributed by atoms with Crippen molar-refractivity contribution in [3.63, 3.8) is 0 Å². The molecule has 134 valence electrons. The molecule has 0 fully saturated rings. The summed E-state index contributed by atoms with van der Waals surface area (Å²) in [6, 6.07) is 14.7. The standard InChI is InChI=1S/C21H20ClNO3/c1-13-7-8-16(22)11-18(13)23-21(24)19-10-9-17(26-19)12-25-20-14(2)5-4-6-15(20)3/h4-11H,12H2,1-3H3,(H,23,24). The first-order valence-corrected chi connectivity index (χ1v) is 8.67. The van der Waals surface area contributed by atoms with Crippen LogP contribution in [-0.4, -0.2) is 5.91 Å². The minimum atomic E-state index is -0.325. The van der Waals surface area contributed by atoms with Gasteiger partial charge in [0.1, 0.15) is 18.1 Å². The molecule has 0 radical (unpaired) electrons. The summed E-state index contributed by atoms with van der Waals surface area (Å²) in [6.07, 6.45) is 0. The van der Waals surface area contributed by atoms with Gasteiger partial charge in [0.05, 0.1) is 0 Å². The van der Waals surface area contributed by atoms with E-state index in [1.54, 1.807) is 24.3 Å². The first kappa shape index (κ1) is 18.1. The van der Waals surface area contributed by atoms with Gasteiger partial charge in [0.15, 0.2) is 5.76 Å². The number of anilines is 1. The molecule has 0 aliphatic rings. The summed E-state index contributed by atoms with van der Waals surface area (Å²) in [5.41, 5.74) is 3.71. The number of ether oxygens (including phenoxy) is 1. The third-order valence-corrected chi connectivity index (χ3v) is 4.34. The number of amides is 1. The zero-order valence-electron chi connectivity index (χ0n) is 14.9. The number of nitrogens with one attached hydrogen (secondary N) is 1. The number of rotatable bonds is 5. The molecule has 0 bridgehead atoms. The largest absolute Gasteiger partial charge is 0.485 e. The van der Waals surface area contributed by atoms with Crippen LogP contribution in [0.3, 0.4) is 0 Å². The number of hydrogen-bond donors (Lipinski definition) is 1. The van der Waals surface area contributed by atoms with Crippen molar-refractivity contribution >= 4 is 23.2 Å². The van der Waals surface area contributed by atoms with Crippen molar-refractivity contribution in [3.05, 3.63) is 81.8 Å². The second-order valence-corrected chi connectivity index (χ2v) is 6.63. The first-order valence-electron chi connectivity index (χ1n) is 8.29. The van der Waals surface area contributed by atoms with E-state index in [0.29, 0.717) is 16.5 Å². The van der Waals surface area contributed by atoms with Crippen LogP contribution in [0.5, 0.6) is 5.75 Å². The fourth-order valence-electron chi connectivity index (χ4n) is 2.66. The molecule has 26 heavy (non-hydrogen) atoms. The molecule has 1 aromatic heterocycles. The summed E-state index contributed by atoms with van der Waals surface area (Å²) in [5, 5.41) is 3.38. The van der Waals surface area contributed by atoms with Gasteiger partial charge >= 0.3 is 0 Å². The third-order valence-electron chi connectivity index (χ3n) is 4.10. The Bertz CT molecular complexity index is 926. The molecule has 3 rings (SSSR count). The van der Waals surface area contributed by atoms with Crippen LogP contribution in [0.15, 0.2) is 52.9 Å². The van der Waals surface area contributed by atoms with Crippen molar-refractivity contribution in [1.29, 1.82) is 0 Å². The topological polar surface area (TPSA) is 51.5 Å². The van der Waals surface area contributed by atoms with Crippen LogP contribution in [0, 0.1) is 20.8 Å². The van der Waals surface area contributed by atoms with E-state index in [0.717, 1.165) is 22.4 Å². The first-order chi connectivity index (χ1) is 12.4. The van der Waals surface area contributed by atoms with Gasteiger partial charge in [-0.25, -0.2) is 0 Å². The number of furan rings is 1. The molecule has 1 N–H and O–H groups in total. The lowest BCUT2D eigenvalue weighted by molar-refractivity contribution is 0.0992. The normalized spacial score (nSPS) is 10.6. The minimum Gasteiger partial charge on any atom is -0.485 e. The van der Waals surface area contributed by atoms with Gasteiger partial charge in [0.2, 0.25) is 0 Å². The Balaban J connectivity index is 1.67. The summed E-state index contributed by atoms with van der Waals surface area (Å²) in [4.78, 5) is 12.4. The molecular formula is C21H20ClNO3. The highest BCUT2D eigenvalue weighted by atomic mass is 35.5. The van der Waals surface area contributed by atoms with Gasteiger partial charge in [-0.2, -0.15) is 0 Å². The summed E-state index contributed by atoms with van der Waals surface area (Å²) in [6.45, 7) is 6.15. The maximum Gasteiger partial charge on any atom is 0.291 e. The molecule has 5 heteroatoms. The predicted molar refractivity (Wildman–Crippen MR) is 103 cm³/mol. The smallest absolute Gasteiger partial charge is 0.291 e. The van der Waals surface area contributed by atoms with E-state index in [-0.39, 0.29) is 18.3 Å². The molecule has 2 aromatic carbocycles. The average Bonchev–Trinajstić information content (AvgIpc) is 3.07. The highest BCUT2D eigenvalue weighted by molar-refractivity contribution is 6.31. The van der Waals surface area contributed by atoms with Gasteiger partial charge in [0.25, 0.3) is 5.91 Å². The molecule has 0 atom stereocenters. The molecule has 1 amide bonds. The zero-order valence-corrected chi connectivity index (χ0v) is 15.7. The summed E-state index contributed by atoms with van der Waals surface area (Å²) >= 11 is 5.98. The van der Waals surface area contributed by atoms with E-state index in [1.165, 1.54) is 0 Å². The van der Waals surface area contributed by atoms with E-state index in [2.05, 4.69) is 5.32 Å². The van der Waals surface area contributed by atoms with Gasteiger partial charge in [0, 0.05) is 10.7 Å². The lowest BCUT2D eigenvalue weighted by Crippen LogP contribution is -2.11. The van der Waals surface area contributed by atoms with Crippen LogP contribution >= 0.6 is 11.6 Å². The van der Waals surface area contributed by atoms with E-state index >= 15 is 0 Å². The van der Waals surface area contributed by atoms with Gasteiger partial charge in [-0.3, -0.25) is 4.79 Å². The predicted octanol–water partition coefficient (Wildman–Crippen LogP) is 5.69. The van der Waals surface area contributed by atoms with Crippen LogP contribution in [0.2, 0.25) is 5.02 Å². The number of carbonyl (C=O) groups is 1. The second kappa shape index (κ2) is 7.67. The monoisotopic (exact) mass is 369 g/mol. The summed E-state index contributed by atoms with van der Waals surface area (Å²) in [5.74, 6) is 1.32. The molecule has 0 aliphatic carbocycles.